The third-order valence-corrected chi connectivity index (χ3v) is 6.16. The Hall–Kier alpha value is -2.54. The number of rotatable bonds is 4. The molecule has 7 heteroatoms. The lowest BCUT2D eigenvalue weighted by Gasteiger charge is -2.35. The summed E-state index contributed by atoms with van der Waals surface area (Å²) in [7, 11) is -3.58. The zero-order valence-corrected chi connectivity index (χ0v) is 18.3. The van der Waals surface area contributed by atoms with E-state index in [1.165, 1.54) is 9.87 Å². The maximum Gasteiger partial charge on any atom is 0.267 e. The molecular weight excluding hydrogens is 388 g/mol. The SMILES string of the molecule is CCc1ccc(NC(=O)C2CN(S(C)(=O)=O)c3cc(C(C)(C)C)ccc3O2)cc1. The molecule has 0 aliphatic carbocycles. The van der Waals surface area contributed by atoms with E-state index in [1.54, 1.807) is 6.07 Å². The summed E-state index contributed by atoms with van der Waals surface area (Å²) in [6.45, 7) is 8.17. The Kier molecular flexibility index (Phi) is 5.63. The Morgan fingerprint density at radius 2 is 1.83 bits per heavy atom. The number of nitrogens with zero attached hydrogens (tertiary/aromatic N) is 1. The summed E-state index contributed by atoms with van der Waals surface area (Å²) >= 11 is 0. The first kappa shape index (κ1) is 21.2. The molecule has 29 heavy (non-hydrogen) atoms. The summed E-state index contributed by atoms with van der Waals surface area (Å²) < 4.78 is 32.0. The van der Waals surface area contributed by atoms with Crippen molar-refractivity contribution in [3.8, 4) is 5.75 Å². The number of anilines is 2. The first-order valence-corrected chi connectivity index (χ1v) is 11.5. The number of aryl methyl sites for hydroxylation is 1. The first-order chi connectivity index (χ1) is 13.5. The van der Waals surface area contributed by atoms with Gasteiger partial charge in [0.2, 0.25) is 10.0 Å². The minimum Gasteiger partial charge on any atom is -0.476 e. The smallest absolute Gasteiger partial charge is 0.267 e. The average Bonchev–Trinajstić information content (AvgIpc) is 2.65. The molecule has 0 spiro atoms. The first-order valence-electron chi connectivity index (χ1n) is 9.67. The molecule has 156 valence electrons. The van der Waals surface area contributed by atoms with Gasteiger partial charge in [-0.1, -0.05) is 45.9 Å². The monoisotopic (exact) mass is 416 g/mol. The van der Waals surface area contributed by atoms with Crippen LogP contribution in [0, 0.1) is 0 Å². The number of ether oxygens (including phenoxy) is 1. The molecule has 0 saturated carbocycles. The van der Waals surface area contributed by atoms with Crippen LogP contribution in [0.1, 0.15) is 38.8 Å². The minimum atomic E-state index is -3.58. The molecule has 0 fully saturated rings. The van der Waals surface area contributed by atoms with Gasteiger partial charge in [-0.3, -0.25) is 9.10 Å². The number of benzene rings is 2. The van der Waals surface area contributed by atoms with Crippen LogP contribution in [0.15, 0.2) is 42.5 Å². The summed E-state index contributed by atoms with van der Waals surface area (Å²) in [6, 6.07) is 13.0. The van der Waals surface area contributed by atoms with Crippen molar-refractivity contribution in [2.45, 2.75) is 45.6 Å². The predicted octanol–water partition coefficient (Wildman–Crippen LogP) is 3.71. The Morgan fingerprint density at radius 1 is 1.17 bits per heavy atom. The number of nitrogens with one attached hydrogen (secondary N) is 1. The highest BCUT2D eigenvalue weighted by Crippen LogP contribution is 2.38. The van der Waals surface area contributed by atoms with Gasteiger partial charge < -0.3 is 10.1 Å². The molecule has 1 unspecified atom stereocenters. The molecule has 1 N–H and O–H groups in total. The second-order valence-electron chi connectivity index (χ2n) is 8.37. The Labute approximate surface area is 172 Å². The van der Waals surface area contributed by atoms with Crippen molar-refractivity contribution < 1.29 is 17.9 Å². The molecule has 2 aromatic rings. The standard InChI is InChI=1S/C22H28N2O4S/c1-6-15-7-10-17(11-8-15)23-21(25)20-14-24(29(5,26)27)18-13-16(22(2,3)4)9-12-19(18)28-20/h7-13,20H,6,14H2,1-5H3,(H,23,25). The molecule has 0 radical (unpaired) electrons. The molecule has 2 aromatic carbocycles. The lowest BCUT2D eigenvalue weighted by Crippen LogP contribution is -2.48. The van der Waals surface area contributed by atoms with Crippen LogP contribution in [-0.4, -0.2) is 33.2 Å². The summed E-state index contributed by atoms with van der Waals surface area (Å²) in [5.74, 6) is 0.00426. The molecule has 1 aliphatic heterocycles. The van der Waals surface area contributed by atoms with Crippen LogP contribution in [0.5, 0.6) is 5.75 Å². The fourth-order valence-electron chi connectivity index (χ4n) is 3.21. The maximum absolute atomic E-state index is 12.8. The highest BCUT2D eigenvalue weighted by molar-refractivity contribution is 7.92. The fourth-order valence-corrected chi connectivity index (χ4v) is 4.12. The number of hydrogen-bond donors (Lipinski definition) is 1. The van der Waals surface area contributed by atoms with E-state index in [-0.39, 0.29) is 17.9 Å². The summed E-state index contributed by atoms with van der Waals surface area (Å²) in [5.41, 5.74) is 3.14. The van der Waals surface area contributed by atoms with Gasteiger partial charge in [-0.05, 0) is 47.2 Å². The van der Waals surface area contributed by atoms with Crippen LogP contribution in [0.2, 0.25) is 0 Å². The van der Waals surface area contributed by atoms with Gasteiger partial charge in [0.1, 0.15) is 5.75 Å². The van der Waals surface area contributed by atoms with Gasteiger partial charge in [-0.25, -0.2) is 8.42 Å². The van der Waals surface area contributed by atoms with Crippen LogP contribution in [0.25, 0.3) is 0 Å². The van der Waals surface area contributed by atoms with E-state index in [9.17, 15) is 13.2 Å². The molecule has 3 rings (SSSR count). The van der Waals surface area contributed by atoms with E-state index >= 15 is 0 Å². The van der Waals surface area contributed by atoms with E-state index < -0.39 is 16.1 Å². The van der Waals surface area contributed by atoms with Crippen molar-refractivity contribution in [1.82, 2.24) is 0 Å². The van der Waals surface area contributed by atoms with Gasteiger partial charge in [0.25, 0.3) is 5.91 Å². The Balaban J connectivity index is 1.89. The third kappa shape index (κ3) is 4.72. The Morgan fingerprint density at radius 3 is 2.38 bits per heavy atom. The fraction of sp³-hybridized carbons (Fsp3) is 0.409. The molecule has 1 heterocycles. The molecule has 6 nitrogen and oxygen atoms in total. The molecule has 1 amide bonds. The van der Waals surface area contributed by atoms with Crippen molar-refractivity contribution in [3.05, 3.63) is 53.6 Å². The van der Waals surface area contributed by atoms with Gasteiger partial charge >= 0.3 is 0 Å². The van der Waals surface area contributed by atoms with Gasteiger partial charge in [0.15, 0.2) is 6.10 Å². The summed E-state index contributed by atoms with van der Waals surface area (Å²) in [4.78, 5) is 12.8. The van der Waals surface area contributed by atoms with Crippen LogP contribution in [0.4, 0.5) is 11.4 Å². The largest absolute Gasteiger partial charge is 0.476 e. The van der Waals surface area contributed by atoms with Crippen molar-refractivity contribution in [2.75, 3.05) is 22.4 Å². The summed E-state index contributed by atoms with van der Waals surface area (Å²) in [5, 5.41) is 2.82. The molecule has 0 aromatic heterocycles. The number of fused-ring (bicyclic) bond motifs is 1. The molecule has 0 saturated heterocycles. The highest BCUT2D eigenvalue weighted by atomic mass is 32.2. The summed E-state index contributed by atoms with van der Waals surface area (Å²) in [6.07, 6.45) is 1.12. The number of sulfonamides is 1. The van der Waals surface area contributed by atoms with E-state index in [4.69, 9.17) is 4.74 Å². The van der Waals surface area contributed by atoms with Gasteiger partial charge in [0.05, 0.1) is 18.5 Å². The van der Waals surface area contributed by atoms with Gasteiger partial charge in [0, 0.05) is 5.69 Å². The van der Waals surface area contributed by atoms with E-state index in [2.05, 4.69) is 33.0 Å². The lowest BCUT2D eigenvalue weighted by molar-refractivity contribution is -0.122. The van der Waals surface area contributed by atoms with Crippen molar-refractivity contribution >= 4 is 27.3 Å². The number of carbonyl (C=O) groups is 1. The van der Waals surface area contributed by atoms with Crippen LogP contribution in [-0.2, 0) is 26.7 Å². The molecular formula is C22H28N2O4S. The number of amides is 1. The zero-order valence-electron chi connectivity index (χ0n) is 17.5. The molecule has 0 bridgehead atoms. The predicted molar refractivity (Wildman–Crippen MR) is 116 cm³/mol. The second-order valence-corrected chi connectivity index (χ2v) is 10.3. The molecule has 1 aliphatic rings. The highest BCUT2D eigenvalue weighted by Gasteiger charge is 2.35. The Bertz CT molecular complexity index is 1010. The quantitative estimate of drug-likeness (QED) is 0.824. The minimum absolute atomic E-state index is 0.0711. The van der Waals surface area contributed by atoms with Crippen molar-refractivity contribution in [2.24, 2.45) is 0 Å². The van der Waals surface area contributed by atoms with E-state index in [0.29, 0.717) is 17.1 Å². The number of hydrogen-bond acceptors (Lipinski definition) is 4. The van der Waals surface area contributed by atoms with Crippen LogP contribution in [0.3, 0.4) is 0 Å². The lowest BCUT2D eigenvalue weighted by atomic mass is 9.86. The number of carbonyl (C=O) groups excluding carboxylic acids is 1. The molecule has 1 atom stereocenters. The average molecular weight is 417 g/mol. The zero-order chi connectivity index (χ0) is 21.4. The van der Waals surface area contributed by atoms with Gasteiger partial charge in [-0.2, -0.15) is 0 Å². The van der Waals surface area contributed by atoms with E-state index in [0.717, 1.165) is 18.2 Å². The normalized spacial score (nSPS) is 16.7. The second kappa shape index (κ2) is 7.71. The van der Waals surface area contributed by atoms with Crippen LogP contribution < -0.4 is 14.4 Å². The van der Waals surface area contributed by atoms with Gasteiger partial charge in [-0.15, -0.1) is 0 Å². The van der Waals surface area contributed by atoms with Crippen LogP contribution >= 0.6 is 0 Å². The van der Waals surface area contributed by atoms with Crippen molar-refractivity contribution in [1.29, 1.82) is 0 Å². The van der Waals surface area contributed by atoms with Crippen molar-refractivity contribution in [3.63, 3.8) is 0 Å². The topological polar surface area (TPSA) is 75.7 Å². The third-order valence-electron chi connectivity index (χ3n) is 5.02. The maximum atomic E-state index is 12.8. The van der Waals surface area contributed by atoms with E-state index in [1.807, 2.05) is 36.4 Å².